The second-order valence-corrected chi connectivity index (χ2v) is 8.41. The minimum Gasteiger partial charge on any atom is -0.165 e. The third-order valence-corrected chi connectivity index (χ3v) is 5.96. The van der Waals surface area contributed by atoms with Crippen molar-refractivity contribution in [1.82, 2.24) is 0 Å². The van der Waals surface area contributed by atoms with E-state index in [2.05, 4.69) is 135 Å². The van der Waals surface area contributed by atoms with E-state index in [0.717, 1.165) is 0 Å². The zero-order valence-corrected chi connectivity index (χ0v) is 20.7. The van der Waals surface area contributed by atoms with Crippen molar-refractivity contribution in [3.63, 3.8) is 0 Å². The standard InChI is InChI=1S/2C16H13.Mg/c2*1-12-10-14-8-5-9-15(16(14)11-12)13-6-3-2-4-7-13;/h2*2-11H,1H3;/q2*-1;+2. The summed E-state index contributed by atoms with van der Waals surface area (Å²) in [6, 6.07) is 43.1. The molecule has 0 saturated heterocycles. The molecule has 6 aromatic carbocycles. The molecule has 33 heavy (non-hydrogen) atoms. The fourth-order valence-corrected chi connectivity index (χ4v) is 4.51. The summed E-state index contributed by atoms with van der Waals surface area (Å²) in [5, 5.41) is 5.37. The Morgan fingerprint density at radius 1 is 0.455 bits per heavy atom. The smallest absolute Gasteiger partial charge is 0.165 e. The predicted molar refractivity (Wildman–Crippen MR) is 145 cm³/mol. The molecular formula is C32H26Mg. The Morgan fingerprint density at radius 2 is 0.848 bits per heavy atom. The van der Waals surface area contributed by atoms with Gasteiger partial charge in [-0.2, -0.15) is 12.1 Å². The van der Waals surface area contributed by atoms with E-state index in [1.54, 1.807) is 0 Å². The minimum atomic E-state index is 0. The van der Waals surface area contributed by atoms with Gasteiger partial charge in [-0.15, -0.1) is 69.1 Å². The molecule has 0 amide bonds. The van der Waals surface area contributed by atoms with Crippen LogP contribution in [0, 0.1) is 13.8 Å². The SMILES string of the molecule is Cc1cc2c(-c3ccccc3)cccc2[cH-]1.Cc1cc2c(-c3ccccc3)cccc2[cH-]1.[Mg+2]. The Hall–Kier alpha value is -3.13. The van der Waals surface area contributed by atoms with Gasteiger partial charge in [0.1, 0.15) is 0 Å². The maximum atomic E-state index is 2.26. The summed E-state index contributed by atoms with van der Waals surface area (Å²) in [4.78, 5) is 0. The topological polar surface area (TPSA) is 0 Å². The number of fused-ring (bicyclic) bond motifs is 2. The van der Waals surface area contributed by atoms with Gasteiger partial charge in [0, 0.05) is 0 Å². The summed E-state index contributed by atoms with van der Waals surface area (Å²) in [6.45, 7) is 4.30. The number of benzene rings is 4. The average molecular weight is 435 g/mol. The molecule has 0 fully saturated rings. The van der Waals surface area contributed by atoms with E-state index in [1.807, 2.05) is 0 Å². The van der Waals surface area contributed by atoms with Crippen LogP contribution in [0.5, 0.6) is 0 Å². The molecule has 0 nitrogen and oxygen atoms in total. The Morgan fingerprint density at radius 3 is 1.24 bits per heavy atom. The molecule has 0 aliphatic heterocycles. The molecular weight excluding hydrogens is 409 g/mol. The van der Waals surface area contributed by atoms with E-state index < -0.39 is 0 Å². The van der Waals surface area contributed by atoms with Crippen LogP contribution in [0.25, 0.3) is 43.8 Å². The molecule has 0 aliphatic carbocycles. The van der Waals surface area contributed by atoms with Crippen molar-refractivity contribution in [2.24, 2.45) is 0 Å². The summed E-state index contributed by atoms with van der Waals surface area (Å²) in [5.74, 6) is 0. The Bertz CT molecular complexity index is 1350. The molecule has 0 atom stereocenters. The van der Waals surface area contributed by atoms with Gasteiger partial charge in [-0.25, -0.2) is 0 Å². The molecule has 0 N–H and O–H groups in total. The van der Waals surface area contributed by atoms with Crippen LogP contribution in [0.3, 0.4) is 0 Å². The zero-order valence-electron chi connectivity index (χ0n) is 19.3. The predicted octanol–water partition coefficient (Wildman–Crippen LogP) is 8.69. The normalized spacial score (nSPS) is 10.5. The molecule has 0 radical (unpaired) electrons. The first-order chi connectivity index (χ1) is 15.7. The Balaban J connectivity index is 0.000000152. The van der Waals surface area contributed by atoms with Gasteiger partial charge in [0.05, 0.1) is 0 Å². The van der Waals surface area contributed by atoms with Crippen molar-refractivity contribution in [2.45, 2.75) is 13.8 Å². The zero-order chi connectivity index (χ0) is 21.9. The van der Waals surface area contributed by atoms with Gasteiger partial charge >= 0.3 is 23.1 Å². The van der Waals surface area contributed by atoms with Crippen molar-refractivity contribution >= 4 is 44.6 Å². The number of hydrogen-bond donors (Lipinski definition) is 0. The molecule has 0 aromatic heterocycles. The second kappa shape index (κ2) is 10.2. The van der Waals surface area contributed by atoms with Crippen LogP contribution in [0.15, 0.2) is 121 Å². The molecule has 0 bridgehead atoms. The molecule has 6 rings (SSSR count). The largest absolute Gasteiger partial charge is 2.00 e. The van der Waals surface area contributed by atoms with Crippen LogP contribution in [0.2, 0.25) is 0 Å². The van der Waals surface area contributed by atoms with Crippen molar-refractivity contribution in [3.8, 4) is 22.3 Å². The van der Waals surface area contributed by atoms with E-state index in [-0.39, 0.29) is 23.1 Å². The third kappa shape index (κ3) is 4.95. The quantitative estimate of drug-likeness (QED) is 0.189. The Labute approximate surface area is 212 Å². The first kappa shape index (κ1) is 23.0. The van der Waals surface area contributed by atoms with Gasteiger partial charge in [-0.1, -0.05) is 97.8 Å². The summed E-state index contributed by atoms with van der Waals surface area (Å²) >= 11 is 0. The van der Waals surface area contributed by atoms with Crippen LogP contribution < -0.4 is 0 Å². The average Bonchev–Trinajstić information content (AvgIpc) is 3.41. The molecule has 1 heteroatoms. The van der Waals surface area contributed by atoms with E-state index in [1.165, 1.54) is 54.9 Å². The maximum Gasteiger partial charge on any atom is 2.00 e. The first-order valence-corrected chi connectivity index (χ1v) is 11.1. The number of aryl methyl sites for hydroxylation is 2. The van der Waals surface area contributed by atoms with E-state index in [0.29, 0.717) is 0 Å². The van der Waals surface area contributed by atoms with Crippen molar-refractivity contribution in [1.29, 1.82) is 0 Å². The van der Waals surface area contributed by atoms with Gasteiger partial charge < -0.3 is 0 Å². The molecule has 6 aromatic rings. The molecule has 156 valence electrons. The van der Waals surface area contributed by atoms with Gasteiger partial charge in [0.2, 0.25) is 0 Å². The van der Waals surface area contributed by atoms with Gasteiger partial charge in [0.15, 0.2) is 0 Å². The fourth-order valence-electron chi connectivity index (χ4n) is 4.51. The molecule has 0 aliphatic rings. The second-order valence-electron chi connectivity index (χ2n) is 8.41. The molecule has 0 heterocycles. The number of rotatable bonds is 2. The first-order valence-electron chi connectivity index (χ1n) is 11.1. The van der Waals surface area contributed by atoms with Crippen LogP contribution in [-0.2, 0) is 0 Å². The fraction of sp³-hybridized carbons (Fsp3) is 0.0625. The number of hydrogen-bond acceptors (Lipinski definition) is 0. The van der Waals surface area contributed by atoms with E-state index in [9.17, 15) is 0 Å². The summed E-state index contributed by atoms with van der Waals surface area (Å²) in [5.41, 5.74) is 7.89. The maximum absolute atomic E-state index is 2.26. The molecule has 0 unspecified atom stereocenters. The minimum absolute atomic E-state index is 0. The van der Waals surface area contributed by atoms with Crippen molar-refractivity contribution in [2.75, 3.05) is 0 Å². The van der Waals surface area contributed by atoms with Crippen LogP contribution in [0.1, 0.15) is 11.1 Å². The van der Waals surface area contributed by atoms with Gasteiger partial charge in [-0.05, 0) is 11.1 Å². The molecule has 0 saturated carbocycles. The monoisotopic (exact) mass is 434 g/mol. The van der Waals surface area contributed by atoms with Crippen molar-refractivity contribution < 1.29 is 0 Å². The van der Waals surface area contributed by atoms with Crippen LogP contribution in [-0.4, -0.2) is 23.1 Å². The van der Waals surface area contributed by atoms with E-state index >= 15 is 0 Å². The van der Waals surface area contributed by atoms with E-state index in [4.69, 9.17) is 0 Å². The third-order valence-electron chi connectivity index (χ3n) is 5.96. The Kier molecular flexibility index (Phi) is 7.12. The van der Waals surface area contributed by atoms with Crippen LogP contribution >= 0.6 is 0 Å². The van der Waals surface area contributed by atoms with Crippen molar-refractivity contribution in [3.05, 3.63) is 132 Å². The van der Waals surface area contributed by atoms with Gasteiger partial charge in [0.25, 0.3) is 0 Å². The van der Waals surface area contributed by atoms with Crippen LogP contribution in [0.4, 0.5) is 0 Å². The summed E-state index contributed by atoms with van der Waals surface area (Å²) in [7, 11) is 0. The van der Waals surface area contributed by atoms with Gasteiger partial charge in [-0.3, -0.25) is 0 Å². The molecule has 0 spiro atoms. The summed E-state index contributed by atoms with van der Waals surface area (Å²) < 4.78 is 0. The summed E-state index contributed by atoms with van der Waals surface area (Å²) in [6.07, 6.45) is 0.